The molecule has 22 heavy (non-hydrogen) atoms. The van der Waals surface area contributed by atoms with E-state index >= 15 is 0 Å². The summed E-state index contributed by atoms with van der Waals surface area (Å²) >= 11 is 0. The zero-order valence-electron chi connectivity index (χ0n) is 13.1. The van der Waals surface area contributed by atoms with Crippen molar-refractivity contribution in [1.82, 2.24) is 10.6 Å². The van der Waals surface area contributed by atoms with Crippen LogP contribution in [-0.4, -0.2) is 46.1 Å². The maximum atomic E-state index is 12.0. The number of amides is 2. The van der Waals surface area contributed by atoms with Crippen LogP contribution in [0.25, 0.3) is 0 Å². The first kappa shape index (κ1) is 16.6. The van der Waals surface area contributed by atoms with Crippen molar-refractivity contribution in [1.29, 1.82) is 0 Å². The molecule has 1 aromatic carbocycles. The van der Waals surface area contributed by atoms with Crippen LogP contribution in [0.2, 0.25) is 0 Å². The zero-order valence-corrected chi connectivity index (χ0v) is 13.1. The summed E-state index contributed by atoms with van der Waals surface area (Å²) in [5.41, 5.74) is 0.916. The Morgan fingerprint density at radius 1 is 1.32 bits per heavy atom. The third-order valence-electron chi connectivity index (χ3n) is 3.77. The first-order valence-electron chi connectivity index (χ1n) is 7.52. The fourth-order valence-electron chi connectivity index (χ4n) is 2.52. The smallest absolute Gasteiger partial charge is 0.315 e. The van der Waals surface area contributed by atoms with Crippen molar-refractivity contribution in [2.75, 3.05) is 34.0 Å². The second-order valence-electron chi connectivity index (χ2n) is 5.21. The van der Waals surface area contributed by atoms with E-state index in [2.05, 4.69) is 10.6 Å². The molecule has 1 aromatic rings. The lowest BCUT2D eigenvalue weighted by atomic mass is 10.1. The molecule has 2 N–H and O–H groups in total. The predicted octanol–water partition coefficient (Wildman–Crippen LogP) is 1.86. The van der Waals surface area contributed by atoms with Gasteiger partial charge in [0.2, 0.25) is 0 Å². The van der Waals surface area contributed by atoms with Gasteiger partial charge in [0.25, 0.3) is 0 Å². The first-order valence-corrected chi connectivity index (χ1v) is 7.52. The Kier molecular flexibility index (Phi) is 6.48. The molecule has 1 aliphatic heterocycles. The number of rotatable bonds is 6. The van der Waals surface area contributed by atoms with E-state index in [-0.39, 0.29) is 18.2 Å². The van der Waals surface area contributed by atoms with Crippen LogP contribution in [0, 0.1) is 0 Å². The van der Waals surface area contributed by atoms with Crippen LogP contribution >= 0.6 is 0 Å². The lowest BCUT2D eigenvalue weighted by Gasteiger charge is -2.24. The van der Waals surface area contributed by atoms with E-state index in [1.807, 2.05) is 24.3 Å². The van der Waals surface area contributed by atoms with Gasteiger partial charge in [-0.1, -0.05) is 18.2 Å². The molecule has 0 bridgehead atoms. The summed E-state index contributed by atoms with van der Waals surface area (Å²) in [7, 11) is 3.24. The SMILES string of the molecule is COc1ccccc1[C@H](CNC(=O)NC1CCOCC1)OC. The number of nitrogens with one attached hydrogen (secondary N) is 2. The molecule has 0 aromatic heterocycles. The van der Waals surface area contributed by atoms with Crippen LogP contribution in [0.15, 0.2) is 24.3 Å². The van der Waals surface area contributed by atoms with Gasteiger partial charge in [0.05, 0.1) is 7.11 Å². The second kappa shape index (κ2) is 8.60. The summed E-state index contributed by atoms with van der Waals surface area (Å²) in [6, 6.07) is 7.64. The fourth-order valence-corrected chi connectivity index (χ4v) is 2.52. The Labute approximate surface area is 131 Å². The molecule has 1 heterocycles. The van der Waals surface area contributed by atoms with Crippen molar-refractivity contribution >= 4 is 6.03 Å². The highest BCUT2D eigenvalue weighted by Gasteiger charge is 2.19. The molecule has 122 valence electrons. The zero-order chi connectivity index (χ0) is 15.8. The monoisotopic (exact) mass is 308 g/mol. The van der Waals surface area contributed by atoms with Crippen LogP contribution in [-0.2, 0) is 9.47 Å². The van der Waals surface area contributed by atoms with Gasteiger partial charge in [0.15, 0.2) is 0 Å². The average molecular weight is 308 g/mol. The predicted molar refractivity (Wildman–Crippen MR) is 83.1 cm³/mol. The van der Waals surface area contributed by atoms with Gasteiger partial charge in [-0.25, -0.2) is 4.79 Å². The third-order valence-corrected chi connectivity index (χ3v) is 3.77. The summed E-state index contributed by atoms with van der Waals surface area (Å²) in [5, 5.41) is 5.82. The molecule has 0 aliphatic carbocycles. The van der Waals surface area contributed by atoms with E-state index in [1.54, 1.807) is 14.2 Å². The first-order chi connectivity index (χ1) is 10.7. The number of ether oxygens (including phenoxy) is 3. The van der Waals surface area contributed by atoms with E-state index in [0.29, 0.717) is 19.8 Å². The summed E-state index contributed by atoms with van der Waals surface area (Å²) in [6.45, 7) is 1.78. The fraction of sp³-hybridized carbons (Fsp3) is 0.562. The van der Waals surface area contributed by atoms with Crippen LogP contribution in [0.1, 0.15) is 24.5 Å². The van der Waals surface area contributed by atoms with E-state index in [9.17, 15) is 4.79 Å². The van der Waals surface area contributed by atoms with Crippen molar-refractivity contribution in [3.05, 3.63) is 29.8 Å². The molecular formula is C16H24N2O4. The van der Waals surface area contributed by atoms with Crippen LogP contribution < -0.4 is 15.4 Å². The molecule has 6 nitrogen and oxygen atoms in total. The Bertz CT molecular complexity index is 475. The lowest BCUT2D eigenvalue weighted by Crippen LogP contribution is -2.45. The molecule has 0 unspecified atom stereocenters. The van der Waals surface area contributed by atoms with Gasteiger partial charge in [0.1, 0.15) is 11.9 Å². The Morgan fingerprint density at radius 3 is 2.73 bits per heavy atom. The summed E-state index contributed by atoms with van der Waals surface area (Å²) < 4.78 is 16.1. The molecule has 1 saturated heterocycles. The van der Waals surface area contributed by atoms with Crippen LogP contribution in [0.3, 0.4) is 0 Å². The molecule has 2 amide bonds. The molecule has 6 heteroatoms. The Balaban J connectivity index is 1.86. The highest BCUT2D eigenvalue weighted by molar-refractivity contribution is 5.74. The topological polar surface area (TPSA) is 68.8 Å². The summed E-state index contributed by atoms with van der Waals surface area (Å²) in [4.78, 5) is 12.0. The van der Waals surface area contributed by atoms with Crippen molar-refractivity contribution in [3.63, 3.8) is 0 Å². The standard InChI is InChI=1S/C16H24N2O4/c1-20-14-6-4-3-5-13(14)15(21-2)11-17-16(19)18-12-7-9-22-10-8-12/h3-6,12,15H,7-11H2,1-2H3,(H2,17,18,19)/t15-/m0/s1. The van der Waals surface area contributed by atoms with Gasteiger partial charge < -0.3 is 24.8 Å². The number of hydrogen-bond acceptors (Lipinski definition) is 4. The molecule has 2 rings (SSSR count). The van der Waals surface area contributed by atoms with Gasteiger partial charge in [-0.3, -0.25) is 0 Å². The van der Waals surface area contributed by atoms with Crippen LogP contribution in [0.5, 0.6) is 5.75 Å². The molecule has 1 atom stereocenters. The molecular weight excluding hydrogens is 284 g/mol. The Morgan fingerprint density at radius 2 is 2.05 bits per heavy atom. The second-order valence-corrected chi connectivity index (χ2v) is 5.21. The average Bonchev–Trinajstić information content (AvgIpc) is 2.56. The van der Waals surface area contributed by atoms with Crippen molar-refractivity contribution < 1.29 is 19.0 Å². The molecule has 0 spiro atoms. The molecule has 0 saturated carbocycles. The number of benzene rings is 1. The number of carbonyl (C=O) groups excluding carboxylic acids is 1. The van der Waals surface area contributed by atoms with E-state index in [0.717, 1.165) is 24.2 Å². The van der Waals surface area contributed by atoms with Gasteiger partial charge >= 0.3 is 6.03 Å². The van der Waals surface area contributed by atoms with Gasteiger partial charge in [0, 0.05) is 38.5 Å². The van der Waals surface area contributed by atoms with E-state index in [1.165, 1.54) is 0 Å². The van der Waals surface area contributed by atoms with Crippen molar-refractivity contribution in [2.24, 2.45) is 0 Å². The molecule has 0 radical (unpaired) electrons. The molecule has 1 fully saturated rings. The maximum absolute atomic E-state index is 12.0. The summed E-state index contributed by atoms with van der Waals surface area (Å²) in [5.74, 6) is 0.751. The minimum absolute atomic E-state index is 0.177. The normalized spacial score (nSPS) is 16.8. The number of urea groups is 1. The molecule has 1 aliphatic rings. The highest BCUT2D eigenvalue weighted by Crippen LogP contribution is 2.26. The quantitative estimate of drug-likeness (QED) is 0.841. The van der Waals surface area contributed by atoms with Gasteiger partial charge in [-0.15, -0.1) is 0 Å². The lowest BCUT2D eigenvalue weighted by molar-refractivity contribution is 0.0789. The van der Waals surface area contributed by atoms with Gasteiger partial charge in [-0.05, 0) is 18.9 Å². The van der Waals surface area contributed by atoms with E-state index < -0.39 is 0 Å². The van der Waals surface area contributed by atoms with Crippen molar-refractivity contribution in [2.45, 2.75) is 25.0 Å². The maximum Gasteiger partial charge on any atom is 0.315 e. The van der Waals surface area contributed by atoms with Crippen molar-refractivity contribution in [3.8, 4) is 5.75 Å². The number of methoxy groups -OCH3 is 2. The van der Waals surface area contributed by atoms with Crippen LogP contribution in [0.4, 0.5) is 4.79 Å². The van der Waals surface area contributed by atoms with E-state index in [4.69, 9.17) is 14.2 Å². The minimum atomic E-state index is -0.253. The van der Waals surface area contributed by atoms with Gasteiger partial charge in [-0.2, -0.15) is 0 Å². The number of carbonyl (C=O) groups is 1. The largest absolute Gasteiger partial charge is 0.496 e. The number of hydrogen-bond donors (Lipinski definition) is 2. The Hall–Kier alpha value is -1.79. The highest BCUT2D eigenvalue weighted by atomic mass is 16.5. The minimum Gasteiger partial charge on any atom is -0.496 e. The summed E-state index contributed by atoms with van der Waals surface area (Å²) in [6.07, 6.45) is 1.46. The third kappa shape index (κ3) is 4.61. The number of para-hydroxylation sites is 1.